The fourth-order valence-electron chi connectivity index (χ4n) is 0.714. The van der Waals surface area contributed by atoms with Crippen LogP contribution in [0.15, 0.2) is 0 Å². The van der Waals surface area contributed by atoms with Crippen LogP contribution in [0, 0.1) is 0 Å². The number of hydrogen-bond donors (Lipinski definition) is 1. The molecule has 0 bridgehead atoms. The van der Waals surface area contributed by atoms with E-state index in [1.54, 1.807) is 0 Å². The lowest BCUT2D eigenvalue weighted by Gasteiger charge is -1.95. The highest BCUT2D eigenvalue weighted by Gasteiger charge is 2.47. The molecule has 0 aromatic heterocycles. The van der Waals surface area contributed by atoms with Crippen LogP contribution in [0.2, 0.25) is 0 Å². The Labute approximate surface area is 60.1 Å². The maximum absolute atomic E-state index is 10.0. The SMILES string of the molecule is CC1(C)OC1CO[PH](=O)O. The molecule has 0 aromatic rings. The van der Waals surface area contributed by atoms with Gasteiger partial charge >= 0.3 is 8.25 Å². The van der Waals surface area contributed by atoms with E-state index >= 15 is 0 Å². The normalized spacial score (nSPS) is 31.7. The Bertz CT molecular complexity index is 156. The first-order valence-electron chi connectivity index (χ1n) is 3.06. The highest BCUT2D eigenvalue weighted by atomic mass is 31.1. The molecular formula is C5H11O4P. The van der Waals surface area contributed by atoms with Crippen molar-refractivity contribution in [1.82, 2.24) is 0 Å². The van der Waals surface area contributed by atoms with E-state index in [4.69, 9.17) is 9.63 Å². The van der Waals surface area contributed by atoms with E-state index in [1.807, 2.05) is 13.8 Å². The van der Waals surface area contributed by atoms with Gasteiger partial charge in [0.25, 0.3) is 0 Å². The molecule has 1 N–H and O–H groups in total. The van der Waals surface area contributed by atoms with E-state index in [-0.39, 0.29) is 18.3 Å². The number of hydrogen-bond acceptors (Lipinski definition) is 3. The molecule has 0 radical (unpaired) electrons. The summed E-state index contributed by atoms with van der Waals surface area (Å²) >= 11 is 0. The number of epoxide rings is 1. The molecule has 60 valence electrons. The zero-order chi connectivity index (χ0) is 7.78. The van der Waals surface area contributed by atoms with Gasteiger partial charge in [0.15, 0.2) is 0 Å². The first-order valence-corrected chi connectivity index (χ1v) is 4.32. The summed E-state index contributed by atoms with van der Waals surface area (Å²) in [7, 11) is -2.77. The Morgan fingerprint density at radius 3 is 2.60 bits per heavy atom. The van der Waals surface area contributed by atoms with Crippen molar-refractivity contribution in [2.24, 2.45) is 0 Å². The molecule has 0 saturated carbocycles. The topological polar surface area (TPSA) is 59.1 Å². The standard InChI is InChI=1S/C5H11O4P/c1-5(2)4(9-5)3-8-10(6)7/h4,10H,3H2,1-2H3,(H,6,7). The van der Waals surface area contributed by atoms with Gasteiger partial charge in [0, 0.05) is 0 Å². The summed E-state index contributed by atoms with van der Waals surface area (Å²) in [5.74, 6) is 0. The van der Waals surface area contributed by atoms with Crippen molar-refractivity contribution in [3.8, 4) is 0 Å². The van der Waals surface area contributed by atoms with Gasteiger partial charge in [0.1, 0.15) is 6.10 Å². The van der Waals surface area contributed by atoms with Gasteiger partial charge in [-0.05, 0) is 13.8 Å². The molecule has 2 atom stereocenters. The van der Waals surface area contributed by atoms with Crippen LogP contribution >= 0.6 is 8.25 Å². The lowest BCUT2D eigenvalue weighted by Crippen LogP contribution is -2.07. The fraction of sp³-hybridized carbons (Fsp3) is 1.00. The van der Waals surface area contributed by atoms with Crippen molar-refractivity contribution in [2.45, 2.75) is 25.6 Å². The first-order chi connectivity index (χ1) is 4.52. The first kappa shape index (κ1) is 8.21. The second-order valence-electron chi connectivity index (χ2n) is 2.79. The van der Waals surface area contributed by atoms with E-state index in [2.05, 4.69) is 4.52 Å². The van der Waals surface area contributed by atoms with Crippen LogP contribution in [0.5, 0.6) is 0 Å². The predicted molar refractivity (Wildman–Crippen MR) is 36.1 cm³/mol. The van der Waals surface area contributed by atoms with Gasteiger partial charge in [-0.1, -0.05) is 0 Å². The summed E-state index contributed by atoms with van der Waals surface area (Å²) in [6.45, 7) is 4.05. The van der Waals surface area contributed by atoms with E-state index in [0.29, 0.717) is 0 Å². The van der Waals surface area contributed by atoms with Gasteiger partial charge in [0.2, 0.25) is 0 Å². The lowest BCUT2D eigenvalue weighted by atomic mass is 10.1. The van der Waals surface area contributed by atoms with E-state index < -0.39 is 8.25 Å². The molecule has 1 fully saturated rings. The minimum Gasteiger partial charge on any atom is -0.364 e. The van der Waals surface area contributed by atoms with Crippen molar-refractivity contribution >= 4 is 8.25 Å². The monoisotopic (exact) mass is 166 g/mol. The van der Waals surface area contributed by atoms with E-state index in [9.17, 15) is 4.57 Å². The average Bonchev–Trinajstić information content (AvgIpc) is 2.35. The van der Waals surface area contributed by atoms with Crippen LogP contribution in [0.1, 0.15) is 13.8 Å². The van der Waals surface area contributed by atoms with Gasteiger partial charge < -0.3 is 14.2 Å². The Morgan fingerprint density at radius 1 is 1.80 bits per heavy atom. The summed E-state index contributed by atoms with van der Waals surface area (Å²) in [5, 5.41) is 0. The van der Waals surface area contributed by atoms with Crippen molar-refractivity contribution in [2.75, 3.05) is 6.61 Å². The number of ether oxygens (including phenoxy) is 1. The molecule has 10 heavy (non-hydrogen) atoms. The molecule has 1 heterocycles. The molecule has 2 unspecified atom stereocenters. The van der Waals surface area contributed by atoms with Crippen molar-refractivity contribution in [3.63, 3.8) is 0 Å². The second kappa shape index (κ2) is 2.62. The average molecular weight is 166 g/mol. The van der Waals surface area contributed by atoms with Gasteiger partial charge in [-0.25, -0.2) is 0 Å². The second-order valence-corrected chi connectivity index (χ2v) is 3.61. The van der Waals surface area contributed by atoms with Gasteiger partial charge in [-0.15, -0.1) is 0 Å². The van der Waals surface area contributed by atoms with Crippen molar-refractivity contribution in [1.29, 1.82) is 0 Å². The highest BCUT2D eigenvalue weighted by Crippen LogP contribution is 2.36. The van der Waals surface area contributed by atoms with Crippen LogP contribution in [0.3, 0.4) is 0 Å². The van der Waals surface area contributed by atoms with Crippen LogP contribution < -0.4 is 0 Å². The van der Waals surface area contributed by atoms with Gasteiger partial charge in [0.05, 0.1) is 12.2 Å². The predicted octanol–water partition coefficient (Wildman–Crippen LogP) is 0.562. The molecule has 0 aromatic carbocycles. The molecular weight excluding hydrogens is 155 g/mol. The third-order valence-corrected chi connectivity index (χ3v) is 1.94. The summed E-state index contributed by atoms with van der Waals surface area (Å²) in [4.78, 5) is 8.27. The van der Waals surface area contributed by atoms with E-state index in [0.717, 1.165) is 0 Å². The summed E-state index contributed by atoms with van der Waals surface area (Å²) < 4.78 is 19.6. The Balaban J connectivity index is 2.13. The Morgan fingerprint density at radius 2 is 2.30 bits per heavy atom. The molecule has 0 spiro atoms. The minimum atomic E-state index is -2.77. The largest absolute Gasteiger partial charge is 0.364 e. The third-order valence-electron chi connectivity index (χ3n) is 1.52. The van der Waals surface area contributed by atoms with Crippen molar-refractivity contribution in [3.05, 3.63) is 0 Å². The zero-order valence-electron chi connectivity index (χ0n) is 5.96. The Kier molecular flexibility index (Phi) is 2.15. The molecule has 1 aliphatic rings. The lowest BCUT2D eigenvalue weighted by molar-refractivity contribution is 0.239. The summed E-state index contributed by atoms with van der Waals surface area (Å²) in [5.41, 5.74) is -0.155. The zero-order valence-corrected chi connectivity index (χ0v) is 6.96. The maximum atomic E-state index is 10.0. The van der Waals surface area contributed by atoms with Crippen LogP contribution in [-0.2, 0) is 13.8 Å². The Hall–Kier alpha value is 0.110. The third kappa shape index (κ3) is 2.06. The van der Waals surface area contributed by atoms with Crippen molar-refractivity contribution < 1.29 is 18.7 Å². The van der Waals surface area contributed by atoms with Gasteiger partial charge in [-0.3, -0.25) is 4.57 Å². The van der Waals surface area contributed by atoms with Crippen LogP contribution in [-0.4, -0.2) is 23.2 Å². The fourth-order valence-corrected chi connectivity index (χ4v) is 1.01. The molecule has 0 amide bonds. The molecule has 1 rings (SSSR count). The smallest absolute Gasteiger partial charge is 0.316 e. The maximum Gasteiger partial charge on any atom is 0.316 e. The highest BCUT2D eigenvalue weighted by molar-refractivity contribution is 7.32. The molecule has 1 aliphatic heterocycles. The number of rotatable bonds is 3. The quantitative estimate of drug-likeness (QED) is 0.491. The minimum absolute atomic E-state index is 0.00593. The van der Waals surface area contributed by atoms with E-state index in [1.165, 1.54) is 0 Å². The van der Waals surface area contributed by atoms with Gasteiger partial charge in [-0.2, -0.15) is 0 Å². The molecule has 5 heteroatoms. The molecule has 0 aliphatic carbocycles. The summed E-state index contributed by atoms with van der Waals surface area (Å²) in [6.07, 6.45) is -0.00593. The molecule has 4 nitrogen and oxygen atoms in total. The van der Waals surface area contributed by atoms with Crippen LogP contribution in [0.25, 0.3) is 0 Å². The van der Waals surface area contributed by atoms with Crippen LogP contribution in [0.4, 0.5) is 0 Å². The summed E-state index contributed by atoms with van der Waals surface area (Å²) in [6, 6.07) is 0. The molecule has 1 saturated heterocycles.